The lowest BCUT2D eigenvalue weighted by molar-refractivity contribution is -0.129. The average Bonchev–Trinajstić information content (AvgIpc) is 2.84. The van der Waals surface area contributed by atoms with E-state index >= 15 is 0 Å². The number of amides is 1. The number of hydrogen-bond acceptors (Lipinski definition) is 3. The summed E-state index contributed by atoms with van der Waals surface area (Å²) in [5.74, 6) is -0.224. The van der Waals surface area contributed by atoms with Crippen LogP contribution in [0.25, 0.3) is 0 Å². The molecule has 0 aliphatic carbocycles. The molecule has 5 heteroatoms. The van der Waals surface area contributed by atoms with Gasteiger partial charge in [-0.1, -0.05) is 6.07 Å². The van der Waals surface area contributed by atoms with Crippen LogP contribution >= 0.6 is 0 Å². The van der Waals surface area contributed by atoms with Crippen LogP contribution in [0.3, 0.4) is 0 Å². The zero-order valence-corrected chi connectivity index (χ0v) is 11.6. The first kappa shape index (κ1) is 14.3. The van der Waals surface area contributed by atoms with Crippen molar-refractivity contribution in [1.29, 1.82) is 5.26 Å². The van der Waals surface area contributed by atoms with Gasteiger partial charge >= 0.3 is 0 Å². The summed E-state index contributed by atoms with van der Waals surface area (Å²) in [6.45, 7) is 1.88. The number of rotatable bonds is 5. The van der Waals surface area contributed by atoms with E-state index in [0.717, 1.165) is 24.2 Å². The zero-order valence-electron chi connectivity index (χ0n) is 11.6. The van der Waals surface area contributed by atoms with Gasteiger partial charge in [0.15, 0.2) is 0 Å². The van der Waals surface area contributed by atoms with Crippen LogP contribution in [-0.2, 0) is 11.2 Å². The van der Waals surface area contributed by atoms with E-state index in [0.29, 0.717) is 25.9 Å². The lowest BCUT2D eigenvalue weighted by atomic mass is 10.2. The molecule has 1 aliphatic rings. The van der Waals surface area contributed by atoms with E-state index in [-0.39, 0.29) is 11.7 Å². The fourth-order valence-electron chi connectivity index (χ4n) is 2.41. The van der Waals surface area contributed by atoms with Crippen molar-refractivity contribution in [2.24, 2.45) is 0 Å². The number of fused-ring (bicyclic) bond motifs is 1. The predicted octanol–water partition coefficient (Wildman–Crippen LogP) is 1.95. The highest BCUT2D eigenvalue weighted by Gasteiger charge is 2.20. The van der Waals surface area contributed by atoms with E-state index in [9.17, 15) is 9.18 Å². The smallest absolute Gasteiger partial charge is 0.224 e. The van der Waals surface area contributed by atoms with Crippen molar-refractivity contribution in [3.8, 4) is 6.07 Å². The summed E-state index contributed by atoms with van der Waals surface area (Å²) < 4.78 is 13.3. The fourth-order valence-corrected chi connectivity index (χ4v) is 2.41. The molecule has 106 valence electrons. The van der Waals surface area contributed by atoms with Crippen molar-refractivity contribution in [2.45, 2.75) is 19.3 Å². The molecular formula is C15H18FN3O. The van der Waals surface area contributed by atoms with Crippen molar-refractivity contribution in [3.63, 3.8) is 0 Å². The number of nitrogens with zero attached hydrogens (tertiary/aromatic N) is 3. The summed E-state index contributed by atoms with van der Waals surface area (Å²) in [5.41, 5.74) is 2.04. The van der Waals surface area contributed by atoms with Gasteiger partial charge in [-0.05, 0) is 24.1 Å². The first-order chi connectivity index (χ1) is 9.61. The van der Waals surface area contributed by atoms with Gasteiger partial charge in [-0.2, -0.15) is 5.26 Å². The zero-order chi connectivity index (χ0) is 14.5. The molecule has 1 aliphatic heterocycles. The second-order valence-corrected chi connectivity index (χ2v) is 4.98. The quantitative estimate of drug-likeness (QED) is 0.825. The van der Waals surface area contributed by atoms with E-state index in [2.05, 4.69) is 4.90 Å². The van der Waals surface area contributed by atoms with Crippen molar-refractivity contribution in [3.05, 3.63) is 29.6 Å². The van der Waals surface area contributed by atoms with Crippen LogP contribution in [0.15, 0.2) is 18.2 Å². The Balaban J connectivity index is 1.89. The fraction of sp³-hybridized carbons (Fsp3) is 0.467. The molecule has 4 nitrogen and oxygen atoms in total. The Kier molecular flexibility index (Phi) is 4.57. The van der Waals surface area contributed by atoms with Gasteiger partial charge < -0.3 is 9.80 Å². The summed E-state index contributed by atoms with van der Waals surface area (Å²) in [5, 5.41) is 8.50. The molecule has 0 radical (unpaired) electrons. The summed E-state index contributed by atoms with van der Waals surface area (Å²) in [7, 11) is 1.71. The number of nitriles is 1. The molecule has 0 fully saturated rings. The van der Waals surface area contributed by atoms with Gasteiger partial charge in [0.2, 0.25) is 5.91 Å². The number of halogens is 1. The molecule has 1 amide bonds. The van der Waals surface area contributed by atoms with Crippen LogP contribution in [0.4, 0.5) is 10.1 Å². The number of carbonyl (C=O) groups is 1. The molecule has 2 rings (SSSR count). The molecule has 1 heterocycles. The Bertz CT molecular complexity index is 538. The maximum absolute atomic E-state index is 13.3. The average molecular weight is 275 g/mol. The normalized spacial score (nSPS) is 12.9. The largest absolute Gasteiger partial charge is 0.370 e. The van der Waals surface area contributed by atoms with E-state index in [1.807, 2.05) is 12.1 Å². The van der Waals surface area contributed by atoms with Gasteiger partial charge in [0.1, 0.15) is 5.82 Å². The molecule has 0 aromatic heterocycles. The second-order valence-electron chi connectivity index (χ2n) is 4.98. The molecule has 0 spiro atoms. The first-order valence-corrected chi connectivity index (χ1v) is 6.76. The monoisotopic (exact) mass is 275 g/mol. The minimum absolute atomic E-state index is 0.0186. The highest BCUT2D eigenvalue weighted by molar-refractivity contribution is 5.76. The summed E-state index contributed by atoms with van der Waals surface area (Å²) in [6, 6.07) is 6.84. The van der Waals surface area contributed by atoms with Crippen LogP contribution in [-0.4, -0.2) is 37.5 Å². The second kappa shape index (κ2) is 6.38. The maximum Gasteiger partial charge on any atom is 0.224 e. The Labute approximate surface area is 118 Å². The van der Waals surface area contributed by atoms with Crippen molar-refractivity contribution >= 4 is 11.6 Å². The SMILES string of the molecule is CN(CCC#N)C(=O)CCN1CCc2ccc(F)cc21. The highest BCUT2D eigenvalue weighted by atomic mass is 19.1. The standard InChI is InChI=1S/C15H18FN3O/c1-18(8-2-7-17)15(20)6-10-19-9-5-12-3-4-13(16)11-14(12)19/h3-4,11H,2,5-6,8-10H2,1H3. The van der Waals surface area contributed by atoms with Crippen molar-refractivity contribution < 1.29 is 9.18 Å². The minimum atomic E-state index is -0.242. The summed E-state index contributed by atoms with van der Waals surface area (Å²) in [4.78, 5) is 15.5. The third kappa shape index (κ3) is 3.27. The molecule has 0 unspecified atom stereocenters. The molecule has 1 aromatic rings. The van der Waals surface area contributed by atoms with E-state index in [4.69, 9.17) is 5.26 Å². The third-order valence-corrected chi connectivity index (χ3v) is 3.62. The van der Waals surface area contributed by atoms with Crippen LogP contribution < -0.4 is 4.90 Å². The predicted molar refractivity (Wildman–Crippen MR) is 74.8 cm³/mol. The van der Waals surface area contributed by atoms with E-state index < -0.39 is 0 Å². The topological polar surface area (TPSA) is 47.3 Å². The Morgan fingerprint density at radius 1 is 1.55 bits per heavy atom. The van der Waals surface area contributed by atoms with Crippen molar-refractivity contribution in [2.75, 3.05) is 31.6 Å². The number of hydrogen-bond donors (Lipinski definition) is 0. The first-order valence-electron chi connectivity index (χ1n) is 6.76. The Morgan fingerprint density at radius 3 is 3.10 bits per heavy atom. The van der Waals surface area contributed by atoms with Gasteiger partial charge in [-0.3, -0.25) is 4.79 Å². The van der Waals surface area contributed by atoms with E-state index in [1.54, 1.807) is 11.9 Å². The van der Waals surface area contributed by atoms with Crippen LogP contribution in [0.5, 0.6) is 0 Å². The van der Waals surface area contributed by atoms with Crippen LogP contribution in [0.2, 0.25) is 0 Å². The molecular weight excluding hydrogens is 257 g/mol. The third-order valence-electron chi connectivity index (χ3n) is 3.62. The van der Waals surface area contributed by atoms with Gasteiger partial charge in [-0.15, -0.1) is 0 Å². The van der Waals surface area contributed by atoms with Crippen molar-refractivity contribution in [1.82, 2.24) is 4.90 Å². The molecule has 0 saturated carbocycles. The Hall–Kier alpha value is -2.09. The van der Waals surface area contributed by atoms with E-state index in [1.165, 1.54) is 12.1 Å². The van der Waals surface area contributed by atoms with Gasteiger partial charge in [0.05, 0.1) is 12.5 Å². The van der Waals surface area contributed by atoms with Gasteiger partial charge in [0, 0.05) is 38.8 Å². The molecule has 0 saturated heterocycles. The highest BCUT2D eigenvalue weighted by Crippen LogP contribution is 2.28. The molecule has 0 N–H and O–H groups in total. The molecule has 0 atom stereocenters. The number of anilines is 1. The summed E-state index contributed by atoms with van der Waals surface area (Å²) >= 11 is 0. The lowest BCUT2D eigenvalue weighted by Gasteiger charge is -2.21. The maximum atomic E-state index is 13.3. The summed E-state index contributed by atoms with van der Waals surface area (Å²) in [6.07, 6.45) is 1.63. The molecule has 20 heavy (non-hydrogen) atoms. The Morgan fingerprint density at radius 2 is 2.35 bits per heavy atom. The lowest BCUT2D eigenvalue weighted by Crippen LogP contribution is -2.32. The van der Waals surface area contributed by atoms with Gasteiger partial charge in [-0.25, -0.2) is 4.39 Å². The number of benzene rings is 1. The van der Waals surface area contributed by atoms with Gasteiger partial charge in [0.25, 0.3) is 0 Å². The molecule has 0 bridgehead atoms. The number of carbonyl (C=O) groups excluding carboxylic acids is 1. The minimum Gasteiger partial charge on any atom is -0.370 e. The van der Waals surface area contributed by atoms with Crippen LogP contribution in [0.1, 0.15) is 18.4 Å². The van der Waals surface area contributed by atoms with Crippen LogP contribution in [0, 0.1) is 17.1 Å². The molecule has 1 aromatic carbocycles.